The van der Waals surface area contributed by atoms with E-state index >= 15 is 0 Å². The number of hydrogen-bond donors (Lipinski definition) is 0. The van der Waals surface area contributed by atoms with E-state index in [2.05, 4.69) is 33.4 Å². The van der Waals surface area contributed by atoms with Crippen LogP contribution in [0.2, 0.25) is 0 Å². The maximum Gasteiger partial charge on any atom is 0.236 e. The van der Waals surface area contributed by atoms with Crippen molar-refractivity contribution in [3.8, 4) is 16.5 Å². The molecule has 4 rings (SSSR count). The monoisotopic (exact) mass is 397 g/mol. The second-order valence-corrected chi connectivity index (χ2v) is 8.16. The van der Waals surface area contributed by atoms with Crippen LogP contribution in [0.5, 0.6) is 5.75 Å². The average Bonchev–Trinajstić information content (AvgIpc) is 3.38. The molecule has 2 aromatic heterocycles. The van der Waals surface area contributed by atoms with Crippen molar-refractivity contribution < 1.29 is 9.15 Å². The Morgan fingerprint density at radius 3 is 2.50 bits per heavy atom. The van der Waals surface area contributed by atoms with E-state index in [-0.39, 0.29) is 0 Å². The van der Waals surface area contributed by atoms with Crippen LogP contribution in [-0.4, -0.2) is 54.6 Å². The molecule has 0 unspecified atom stereocenters. The zero-order valence-electron chi connectivity index (χ0n) is 16.6. The van der Waals surface area contributed by atoms with Crippen molar-refractivity contribution in [3.05, 3.63) is 58.8 Å². The first-order valence-corrected chi connectivity index (χ1v) is 10.7. The number of nitrogens with zero attached hydrogens (tertiary/aromatic N) is 3. The van der Waals surface area contributed by atoms with Crippen LogP contribution < -0.4 is 4.74 Å². The first-order chi connectivity index (χ1) is 13.7. The number of ether oxygens (including phenoxy) is 1. The highest BCUT2D eigenvalue weighted by atomic mass is 32.1. The normalized spacial score (nSPS) is 15.8. The van der Waals surface area contributed by atoms with Crippen molar-refractivity contribution in [1.29, 1.82) is 0 Å². The van der Waals surface area contributed by atoms with Gasteiger partial charge in [-0.2, -0.15) is 0 Å². The molecular formula is C22H27N3O2S. The van der Waals surface area contributed by atoms with E-state index < -0.39 is 0 Å². The standard InChI is InChI=1S/C22H27N3O2S/c1-17-20(23-22(27-17)21-4-3-15-28-21)16-25-13-11-24(12-14-25)10-9-18-5-7-19(26-2)8-6-18/h3-8,15H,9-14,16H2,1-2H3. The molecule has 0 saturated carbocycles. The first kappa shape index (κ1) is 19.2. The zero-order chi connectivity index (χ0) is 19.3. The van der Waals surface area contributed by atoms with Gasteiger partial charge in [-0.1, -0.05) is 18.2 Å². The molecule has 3 heterocycles. The Morgan fingerprint density at radius 1 is 1.07 bits per heavy atom. The van der Waals surface area contributed by atoms with Gasteiger partial charge in [0.05, 0.1) is 17.7 Å². The van der Waals surface area contributed by atoms with Gasteiger partial charge in [0, 0.05) is 39.3 Å². The van der Waals surface area contributed by atoms with E-state index in [0.717, 1.165) is 73.7 Å². The van der Waals surface area contributed by atoms with Gasteiger partial charge in [0.1, 0.15) is 11.5 Å². The number of aryl methyl sites for hydroxylation is 1. The van der Waals surface area contributed by atoms with Crippen LogP contribution in [0.25, 0.3) is 10.8 Å². The summed E-state index contributed by atoms with van der Waals surface area (Å²) in [6.45, 7) is 8.34. The zero-order valence-corrected chi connectivity index (χ0v) is 17.4. The number of benzene rings is 1. The van der Waals surface area contributed by atoms with Gasteiger partial charge < -0.3 is 14.1 Å². The Bertz CT molecular complexity index is 866. The summed E-state index contributed by atoms with van der Waals surface area (Å²) in [4.78, 5) is 10.9. The number of thiophene rings is 1. The Hall–Kier alpha value is -2.15. The molecule has 1 saturated heterocycles. The van der Waals surface area contributed by atoms with Crippen LogP contribution in [0.4, 0.5) is 0 Å². The largest absolute Gasteiger partial charge is 0.497 e. The number of aromatic nitrogens is 1. The Morgan fingerprint density at radius 2 is 1.82 bits per heavy atom. The number of oxazole rings is 1. The van der Waals surface area contributed by atoms with Crippen LogP contribution in [0, 0.1) is 6.92 Å². The van der Waals surface area contributed by atoms with E-state index in [9.17, 15) is 0 Å². The minimum Gasteiger partial charge on any atom is -0.497 e. The first-order valence-electron chi connectivity index (χ1n) is 9.79. The molecule has 0 spiro atoms. The summed E-state index contributed by atoms with van der Waals surface area (Å²) >= 11 is 1.67. The molecule has 1 aliphatic heterocycles. The van der Waals surface area contributed by atoms with Crippen LogP contribution in [0.15, 0.2) is 46.2 Å². The third-order valence-corrected chi connectivity index (χ3v) is 6.20. The van der Waals surface area contributed by atoms with Crippen molar-refractivity contribution in [2.75, 3.05) is 39.8 Å². The minimum atomic E-state index is 0.751. The second-order valence-electron chi connectivity index (χ2n) is 7.22. The number of hydrogen-bond acceptors (Lipinski definition) is 6. The van der Waals surface area contributed by atoms with E-state index in [0.29, 0.717) is 0 Å². The molecule has 0 atom stereocenters. The number of methoxy groups -OCH3 is 1. The molecule has 0 bridgehead atoms. The molecule has 0 amide bonds. The highest BCUT2D eigenvalue weighted by Gasteiger charge is 2.20. The lowest BCUT2D eigenvalue weighted by molar-refractivity contribution is 0.127. The topological polar surface area (TPSA) is 41.7 Å². The molecule has 1 aliphatic rings. The van der Waals surface area contributed by atoms with Gasteiger partial charge in [0.25, 0.3) is 0 Å². The number of piperazine rings is 1. The van der Waals surface area contributed by atoms with Crippen LogP contribution >= 0.6 is 11.3 Å². The van der Waals surface area contributed by atoms with E-state index in [1.165, 1.54) is 5.56 Å². The van der Waals surface area contributed by atoms with Crippen molar-refractivity contribution in [2.45, 2.75) is 19.9 Å². The lowest BCUT2D eigenvalue weighted by Crippen LogP contribution is -2.46. The molecular weight excluding hydrogens is 370 g/mol. The van der Waals surface area contributed by atoms with Gasteiger partial charge >= 0.3 is 0 Å². The third kappa shape index (κ3) is 4.63. The van der Waals surface area contributed by atoms with E-state index in [1.807, 2.05) is 25.1 Å². The van der Waals surface area contributed by atoms with Crippen LogP contribution in [0.3, 0.4) is 0 Å². The fourth-order valence-corrected chi connectivity index (χ4v) is 4.19. The molecule has 0 aliphatic carbocycles. The summed E-state index contributed by atoms with van der Waals surface area (Å²) in [5.74, 6) is 2.61. The summed E-state index contributed by atoms with van der Waals surface area (Å²) in [6, 6.07) is 12.5. The van der Waals surface area contributed by atoms with Gasteiger partial charge in [-0.15, -0.1) is 11.3 Å². The maximum atomic E-state index is 5.88. The van der Waals surface area contributed by atoms with Gasteiger partial charge in [-0.05, 0) is 42.5 Å². The van der Waals surface area contributed by atoms with Gasteiger partial charge in [-0.3, -0.25) is 4.90 Å². The quantitative estimate of drug-likeness (QED) is 0.601. The maximum absolute atomic E-state index is 5.88. The smallest absolute Gasteiger partial charge is 0.236 e. The van der Waals surface area contributed by atoms with Gasteiger partial charge in [0.15, 0.2) is 0 Å². The predicted octanol–water partition coefficient (Wildman–Crippen LogP) is 4.08. The fourth-order valence-electron chi connectivity index (χ4n) is 3.54. The van der Waals surface area contributed by atoms with E-state index in [1.54, 1.807) is 18.4 Å². The summed E-state index contributed by atoms with van der Waals surface area (Å²) in [5.41, 5.74) is 2.43. The molecule has 0 N–H and O–H groups in total. The van der Waals surface area contributed by atoms with Crippen molar-refractivity contribution in [1.82, 2.24) is 14.8 Å². The van der Waals surface area contributed by atoms with Gasteiger partial charge in [-0.25, -0.2) is 4.98 Å². The Kier molecular flexibility index (Phi) is 6.10. The third-order valence-electron chi connectivity index (χ3n) is 5.34. The summed E-state index contributed by atoms with van der Waals surface area (Å²) in [6.07, 6.45) is 1.08. The molecule has 0 radical (unpaired) electrons. The molecule has 1 aromatic carbocycles. The predicted molar refractivity (Wildman–Crippen MR) is 113 cm³/mol. The SMILES string of the molecule is COc1ccc(CCN2CCN(Cc3nc(-c4cccs4)oc3C)CC2)cc1. The molecule has 148 valence electrons. The van der Waals surface area contributed by atoms with Gasteiger partial charge in [0.2, 0.25) is 5.89 Å². The van der Waals surface area contributed by atoms with Crippen LogP contribution in [0.1, 0.15) is 17.0 Å². The highest BCUT2D eigenvalue weighted by molar-refractivity contribution is 7.13. The van der Waals surface area contributed by atoms with Crippen molar-refractivity contribution in [3.63, 3.8) is 0 Å². The van der Waals surface area contributed by atoms with Crippen LogP contribution in [-0.2, 0) is 13.0 Å². The summed E-state index contributed by atoms with van der Waals surface area (Å²) in [7, 11) is 1.71. The summed E-state index contributed by atoms with van der Waals surface area (Å²) < 4.78 is 11.1. The van der Waals surface area contributed by atoms with E-state index in [4.69, 9.17) is 14.1 Å². The molecule has 1 fully saturated rings. The molecule has 28 heavy (non-hydrogen) atoms. The lowest BCUT2D eigenvalue weighted by atomic mass is 10.1. The number of rotatable bonds is 7. The second kappa shape index (κ2) is 8.90. The molecule has 5 nitrogen and oxygen atoms in total. The Labute approximate surface area is 170 Å². The lowest BCUT2D eigenvalue weighted by Gasteiger charge is -2.34. The average molecular weight is 398 g/mol. The highest BCUT2D eigenvalue weighted by Crippen LogP contribution is 2.26. The minimum absolute atomic E-state index is 0.751. The summed E-state index contributed by atoms with van der Waals surface area (Å²) in [5, 5.41) is 2.06. The molecule has 3 aromatic rings. The van der Waals surface area contributed by atoms with Crippen molar-refractivity contribution in [2.24, 2.45) is 0 Å². The molecule has 6 heteroatoms. The fraction of sp³-hybridized carbons (Fsp3) is 0.409. The Balaban J connectivity index is 1.25. The van der Waals surface area contributed by atoms with Crippen molar-refractivity contribution >= 4 is 11.3 Å².